The van der Waals surface area contributed by atoms with Gasteiger partial charge in [0.05, 0.1) is 14.2 Å². The van der Waals surface area contributed by atoms with E-state index in [9.17, 15) is 4.79 Å². The van der Waals surface area contributed by atoms with E-state index in [0.29, 0.717) is 30.3 Å². The number of piperazine rings is 1. The molecule has 0 bridgehead atoms. The van der Waals surface area contributed by atoms with Crippen molar-refractivity contribution in [2.24, 2.45) is 0 Å². The predicted molar refractivity (Wildman–Crippen MR) is 108 cm³/mol. The van der Waals surface area contributed by atoms with Crippen LogP contribution in [0.15, 0.2) is 36.4 Å². The molecule has 0 spiro atoms. The number of urea groups is 1. The van der Waals surface area contributed by atoms with Gasteiger partial charge in [-0.3, -0.25) is 4.90 Å². The fraction of sp³-hybridized carbons (Fsp3) is 0.381. The number of nitrogens with one attached hydrogen (secondary N) is 1. The fourth-order valence-corrected chi connectivity index (χ4v) is 3.49. The predicted octanol–water partition coefficient (Wildman–Crippen LogP) is 2.78. The van der Waals surface area contributed by atoms with Crippen molar-refractivity contribution in [3.8, 4) is 23.0 Å². The van der Waals surface area contributed by atoms with Crippen molar-refractivity contribution >= 4 is 11.7 Å². The topological polar surface area (TPSA) is 72.5 Å². The molecule has 2 aliphatic rings. The first-order valence-corrected chi connectivity index (χ1v) is 9.54. The van der Waals surface area contributed by atoms with Gasteiger partial charge >= 0.3 is 6.03 Å². The summed E-state index contributed by atoms with van der Waals surface area (Å²) in [5.74, 6) is 2.86. The minimum atomic E-state index is -0.122. The number of hydrogen-bond donors (Lipinski definition) is 1. The normalized spacial score (nSPS) is 15.9. The Morgan fingerprint density at radius 1 is 0.966 bits per heavy atom. The van der Waals surface area contributed by atoms with Gasteiger partial charge in [-0.1, -0.05) is 6.07 Å². The molecule has 2 heterocycles. The third kappa shape index (κ3) is 4.48. The number of hydrogen-bond acceptors (Lipinski definition) is 6. The van der Waals surface area contributed by atoms with Gasteiger partial charge in [-0.2, -0.15) is 0 Å². The zero-order chi connectivity index (χ0) is 20.2. The van der Waals surface area contributed by atoms with E-state index in [4.69, 9.17) is 18.9 Å². The van der Waals surface area contributed by atoms with Crippen LogP contribution in [-0.4, -0.2) is 63.0 Å². The van der Waals surface area contributed by atoms with Crippen LogP contribution in [0.25, 0.3) is 0 Å². The first kappa shape index (κ1) is 19.2. The number of methoxy groups -OCH3 is 2. The second-order valence-electron chi connectivity index (χ2n) is 6.98. The van der Waals surface area contributed by atoms with Crippen molar-refractivity contribution in [3.05, 3.63) is 42.0 Å². The minimum absolute atomic E-state index is 0.122. The van der Waals surface area contributed by atoms with E-state index in [0.717, 1.165) is 31.1 Å². The van der Waals surface area contributed by atoms with Gasteiger partial charge in [-0.05, 0) is 17.7 Å². The molecule has 154 valence electrons. The highest BCUT2D eigenvalue weighted by molar-refractivity contribution is 5.90. The number of nitrogens with zero attached hydrogens (tertiary/aromatic N) is 2. The quantitative estimate of drug-likeness (QED) is 0.834. The van der Waals surface area contributed by atoms with Gasteiger partial charge in [-0.25, -0.2) is 4.79 Å². The lowest BCUT2D eigenvalue weighted by Gasteiger charge is -2.34. The third-order valence-corrected chi connectivity index (χ3v) is 5.11. The monoisotopic (exact) mass is 399 g/mol. The summed E-state index contributed by atoms with van der Waals surface area (Å²) in [5.41, 5.74) is 1.82. The Hall–Kier alpha value is -3.13. The second kappa shape index (κ2) is 8.48. The van der Waals surface area contributed by atoms with Crippen molar-refractivity contribution in [2.75, 3.05) is 52.5 Å². The molecule has 1 fully saturated rings. The van der Waals surface area contributed by atoms with Gasteiger partial charge in [0.2, 0.25) is 6.79 Å². The smallest absolute Gasteiger partial charge is 0.321 e. The molecule has 2 amide bonds. The number of carbonyl (C=O) groups is 1. The van der Waals surface area contributed by atoms with E-state index in [1.165, 1.54) is 5.56 Å². The zero-order valence-electron chi connectivity index (χ0n) is 16.6. The van der Waals surface area contributed by atoms with Crippen LogP contribution in [0.2, 0.25) is 0 Å². The average molecular weight is 399 g/mol. The summed E-state index contributed by atoms with van der Waals surface area (Å²) in [7, 11) is 3.17. The molecule has 0 atom stereocenters. The molecule has 0 radical (unpaired) electrons. The Bertz CT molecular complexity index is 858. The van der Waals surface area contributed by atoms with E-state index in [2.05, 4.69) is 16.3 Å². The number of rotatable bonds is 5. The van der Waals surface area contributed by atoms with E-state index < -0.39 is 0 Å². The molecule has 0 saturated carbocycles. The summed E-state index contributed by atoms with van der Waals surface area (Å²) in [4.78, 5) is 16.8. The van der Waals surface area contributed by atoms with E-state index in [1.54, 1.807) is 32.4 Å². The van der Waals surface area contributed by atoms with Crippen molar-refractivity contribution < 1.29 is 23.7 Å². The summed E-state index contributed by atoms with van der Waals surface area (Å²) in [6.45, 7) is 4.05. The molecule has 1 N–H and O–H groups in total. The number of fused-ring (bicyclic) bond motifs is 1. The first-order valence-electron chi connectivity index (χ1n) is 9.54. The Kier molecular flexibility index (Phi) is 5.62. The average Bonchev–Trinajstić information content (AvgIpc) is 3.21. The summed E-state index contributed by atoms with van der Waals surface area (Å²) < 4.78 is 21.3. The van der Waals surface area contributed by atoms with Crippen molar-refractivity contribution in [2.45, 2.75) is 6.54 Å². The molecule has 4 rings (SSSR count). The lowest BCUT2D eigenvalue weighted by Crippen LogP contribution is -2.49. The highest BCUT2D eigenvalue weighted by Gasteiger charge is 2.22. The molecule has 0 unspecified atom stereocenters. The zero-order valence-corrected chi connectivity index (χ0v) is 16.6. The maximum Gasteiger partial charge on any atom is 0.321 e. The van der Waals surface area contributed by atoms with Crippen molar-refractivity contribution in [3.63, 3.8) is 0 Å². The largest absolute Gasteiger partial charge is 0.497 e. The highest BCUT2D eigenvalue weighted by atomic mass is 16.7. The maximum absolute atomic E-state index is 12.6. The van der Waals surface area contributed by atoms with Crippen LogP contribution in [0.3, 0.4) is 0 Å². The Balaban J connectivity index is 1.30. The number of amides is 2. The third-order valence-electron chi connectivity index (χ3n) is 5.11. The van der Waals surface area contributed by atoms with Crippen LogP contribution >= 0.6 is 0 Å². The van der Waals surface area contributed by atoms with Crippen LogP contribution in [-0.2, 0) is 6.54 Å². The SMILES string of the molecule is COc1cc(NC(=O)N2CCN(Cc3ccc4c(c3)OCO4)CC2)cc(OC)c1. The summed E-state index contributed by atoms with van der Waals surface area (Å²) in [6, 6.07) is 11.2. The second-order valence-corrected chi connectivity index (χ2v) is 6.98. The fourth-order valence-electron chi connectivity index (χ4n) is 3.49. The summed E-state index contributed by atoms with van der Waals surface area (Å²) in [5, 5.41) is 2.93. The van der Waals surface area contributed by atoms with Crippen LogP contribution in [0.4, 0.5) is 10.5 Å². The van der Waals surface area contributed by atoms with E-state index >= 15 is 0 Å². The van der Waals surface area contributed by atoms with Crippen LogP contribution in [0.1, 0.15) is 5.56 Å². The first-order chi connectivity index (χ1) is 14.1. The van der Waals surface area contributed by atoms with Crippen LogP contribution in [0, 0.1) is 0 Å². The van der Waals surface area contributed by atoms with E-state index in [1.807, 2.05) is 17.0 Å². The standard InChI is InChI=1S/C21H25N3O5/c1-26-17-10-16(11-18(12-17)27-2)22-21(25)24-7-5-23(6-8-24)13-15-3-4-19-20(9-15)29-14-28-19/h3-4,9-12H,5-8,13-14H2,1-2H3,(H,22,25). The van der Waals surface area contributed by atoms with Gasteiger partial charge in [0, 0.05) is 56.6 Å². The molecule has 8 nitrogen and oxygen atoms in total. The highest BCUT2D eigenvalue weighted by Crippen LogP contribution is 2.33. The van der Waals surface area contributed by atoms with Gasteiger partial charge in [-0.15, -0.1) is 0 Å². The molecule has 2 aromatic carbocycles. The maximum atomic E-state index is 12.6. The molecule has 0 aliphatic carbocycles. The number of benzene rings is 2. The van der Waals surface area contributed by atoms with Crippen LogP contribution in [0.5, 0.6) is 23.0 Å². The molecular formula is C21H25N3O5. The van der Waals surface area contributed by atoms with Gasteiger partial charge < -0.3 is 29.2 Å². The molecule has 29 heavy (non-hydrogen) atoms. The molecule has 8 heteroatoms. The lowest BCUT2D eigenvalue weighted by atomic mass is 10.1. The minimum Gasteiger partial charge on any atom is -0.497 e. The van der Waals surface area contributed by atoms with Gasteiger partial charge in [0.1, 0.15) is 11.5 Å². The van der Waals surface area contributed by atoms with Crippen molar-refractivity contribution in [1.29, 1.82) is 0 Å². The molecule has 2 aliphatic heterocycles. The lowest BCUT2D eigenvalue weighted by molar-refractivity contribution is 0.143. The van der Waals surface area contributed by atoms with Crippen LogP contribution < -0.4 is 24.3 Å². The number of ether oxygens (including phenoxy) is 4. The number of anilines is 1. The van der Waals surface area contributed by atoms with Gasteiger partial charge in [0.15, 0.2) is 11.5 Å². The molecule has 1 saturated heterocycles. The van der Waals surface area contributed by atoms with Crippen molar-refractivity contribution in [1.82, 2.24) is 9.80 Å². The van der Waals surface area contributed by atoms with Gasteiger partial charge in [0.25, 0.3) is 0 Å². The Labute approximate surface area is 169 Å². The molecule has 2 aromatic rings. The Morgan fingerprint density at radius 2 is 1.66 bits per heavy atom. The summed E-state index contributed by atoms with van der Waals surface area (Å²) >= 11 is 0. The molecular weight excluding hydrogens is 374 g/mol. The summed E-state index contributed by atoms with van der Waals surface area (Å²) in [6.07, 6.45) is 0. The number of carbonyl (C=O) groups excluding carboxylic acids is 1. The van der Waals surface area contributed by atoms with E-state index in [-0.39, 0.29) is 12.8 Å². The molecule has 0 aromatic heterocycles. The Morgan fingerprint density at radius 3 is 2.34 bits per heavy atom.